The molecule has 0 aliphatic carbocycles. The predicted octanol–water partition coefficient (Wildman–Crippen LogP) is 5.93. The summed E-state index contributed by atoms with van der Waals surface area (Å²) >= 11 is 0. The summed E-state index contributed by atoms with van der Waals surface area (Å²) in [5, 5.41) is 13.3. The molecule has 0 spiro atoms. The minimum absolute atomic E-state index is 0.0249. The highest BCUT2D eigenvalue weighted by molar-refractivity contribution is 6.99. The van der Waals surface area contributed by atoms with Crippen LogP contribution < -0.4 is 10.4 Å². The number of hydrogen-bond donors (Lipinski definition) is 1. The fourth-order valence-corrected chi connectivity index (χ4v) is 10.4. The predicted molar refractivity (Wildman–Crippen MR) is 156 cm³/mol. The van der Waals surface area contributed by atoms with E-state index < -0.39 is 28.8 Å². The Morgan fingerprint density at radius 2 is 1.28 bits per heavy atom. The zero-order valence-corrected chi connectivity index (χ0v) is 26.1. The highest BCUT2D eigenvalue weighted by Crippen LogP contribution is 2.38. The molecule has 6 heteroatoms. The third-order valence-electron chi connectivity index (χ3n) is 7.78. The molecule has 0 aliphatic heterocycles. The molecule has 0 aliphatic rings. The standard InChI is InChI=1S/C30H48O4Si2/c1-23(27(31)21-28(32)24(2)34-35(9,10)29(3,4)5)22-33-36(30(6,7)8,25-17-13-11-14-18-25)26-19-15-12-16-20-26/h11-20,23-24,27,31H,21-22H2,1-10H3/t23-,24+,27-/m1/s1. The number of carbonyl (C=O) groups is 1. The van der Waals surface area contributed by atoms with E-state index >= 15 is 0 Å². The van der Waals surface area contributed by atoms with Gasteiger partial charge >= 0.3 is 0 Å². The molecule has 4 nitrogen and oxygen atoms in total. The van der Waals surface area contributed by atoms with Crippen LogP contribution in [-0.4, -0.2) is 46.3 Å². The van der Waals surface area contributed by atoms with E-state index in [1.165, 1.54) is 10.4 Å². The average molecular weight is 529 g/mol. The van der Waals surface area contributed by atoms with Gasteiger partial charge in [0.05, 0.1) is 6.10 Å². The highest BCUT2D eigenvalue weighted by Gasteiger charge is 2.50. The van der Waals surface area contributed by atoms with E-state index in [0.29, 0.717) is 6.61 Å². The molecule has 0 bridgehead atoms. The number of benzene rings is 2. The molecule has 2 aromatic rings. The van der Waals surface area contributed by atoms with Crippen molar-refractivity contribution in [2.24, 2.45) is 5.92 Å². The molecule has 0 radical (unpaired) electrons. The maximum Gasteiger partial charge on any atom is 0.261 e. The second kappa shape index (κ2) is 11.9. The fourth-order valence-electron chi connectivity index (χ4n) is 4.39. The van der Waals surface area contributed by atoms with Crippen molar-refractivity contribution in [1.82, 2.24) is 0 Å². The lowest BCUT2D eigenvalue weighted by molar-refractivity contribution is -0.128. The van der Waals surface area contributed by atoms with E-state index in [4.69, 9.17) is 8.85 Å². The van der Waals surface area contributed by atoms with Crippen molar-refractivity contribution in [3.63, 3.8) is 0 Å². The zero-order valence-electron chi connectivity index (χ0n) is 24.1. The van der Waals surface area contributed by atoms with Gasteiger partial charge in [-0.05, 0) is 40.5 Å². The van der Waals surface area contributed by atoms with Crippen LogP contribution in [0.25, 0.3) is 0 Å². The van der Waals surface area contributed by atoms with E-state index in [2.05, 4.69) is 103 Å². The molecule has 0 saturated carbocycles. The number of aliphatic hydroxyl groups excluding tert-OH is 1. The maximum atomic E-state index is 13.0. The van der Waals surface area contributed by atoms with E-state index in [-0.39, 0.29) is 28.2 Å². The van der Waals surface area contributed by atoms with Crippen molar-refractivity contribution < 1.29 is 18.8 Å². The molecule has 0 aromatic heterocycles. The molecule has 1 N–H and O–H groups in total. The van der Waals surface area contributed by atoms with E-state index in [1.807, 2.05) is 26.0 Å². The zero-order chi connectivity index (χ0) is 27.4. The molecule has 200 valence electrons. The van der Waals surface area contributed by atoms with Gasteiger partial charge in [-0.25, -0.2) is 0 Å². The Morgan fingerprint density at radius 3 is 1.67 bits per heavy atom. The molecule has 3 atom stereocenters. The van der Waals surface area contributed by atoms with Crippen LogP contribution in [-0.2, 0) is 13.6 Å². The second-order valence-corrected chi connectivity index (χ2v) is 21.8. The van der Waals surface area contributed by atoms with Gasteiger partial charge in [-0.2, -0.15) is 0 Å². The Kier molecular flexibility index (Phi) is 10.1. The van der Waals surface area contributed by atoms with Crippen LogP contribution in [0.4, 0.5) is 0 Å². The monoisotopic (exact) mass is 528 g/mol. The van der Waals surface area contributed by atoms with Crippen LogP contribution in [0.15, 0.2) is 60.7 Å². The van der Waals surface area contributed by atoms with Crippen LogP contribution in [0.5, 0.6) is 0 Å². The third-order valence-corrected chi connectivity index (χ3v) is 17.3. The molecule has 36 heavy (non-hydrogen) atoms. The second-order valence-electron chi connectivity index (χ2n) is 12.7. The molecule has 2 aromatic carbocycles. The summed E-state index contributed by atoms with van der Waals surface area (Å²) in [6.07, 6.45) is -1.24. The number of carbonyl (C=O) groups excluding carboxylic acids is 1. The fraction of sp³-hybridized carbons (Fsp3) is 0.567. The van der Waals surface area contributed by atoms with Gasteiger partial charge in [0.1, 0.15) is 6.10 Å². The lowest BCUT2D eigenvalue weighted by Crippen LogP contribution is -2.67. The van der Waals surface area contributed by atoms with Crippen molar-refractivity contribution in [2.75, 3.05) is 6.61 Å². The first kappa shape index (κ1) is 30.6. The molecule has 0 amide bonds. The van der Waals surface area contributed by atoms with Gasteiger partial charge in [0.25, 0.3) is 8.32 Å². The Labute approximate surface area is 221 Å². The Hall–Kier alpha value is -1.58. The first-order valence-electron chi connectivity index (χ1n) is 13.2. The number of aliphatic hydroxyl groups is 1. The summed E-state index contributed by atoms with van der Waals surface area (Å²) in [5.41, 5.74) is 0. The minimum Gasteiger partial charge on any atom is -0.407 e. The van der Waals surface area contributed by atoms with Gasteiger partial charge in [0.2, 0.25) is 0 Å². The summed E-state index contributed by atoms with van der Waals surface area (Å²) < 4.78 is 13.2. The van der Waals surface area contributed by atoms with Crippen LogP contribution >= 0.6 is 0 Å². The minimum atomic E-state index is -2.69. The quantitative estimate of drug-likeness (QED) is 0.367. The number of hydrogen-bond acceptors (Lipinski definition) is 4. The normalized spacial score (nSPS) is 15.9. The number of rotatable bonds is 11. The summed E-state index contributed by atoms with van der Waals surface area (Å²) in [4.78, 5) is 13.0. The van der Waals surface area contributed by atoms with Gasteiger partial charge in [0, 0.05) is 18.9 Å². The van der Waals surface area contributed by atoms with Gasteiger partial charge in [0.15, 0.2) is 14.1 Å². The largest absolute Gasteiger partial charge is 0.407 e. The molecule has 0 saturated heterocycles. The van der Waals surface area contributed by atoms with Gasteiger partial charge < -0.3 is 14.0 Å². The summed E-state index contributed by atoms with van der Waals surface area (Å²) in [5.74, 6) is -0.250. The van der Waals surface area contributed by atoms with Crippen LogP contribution in [0.3, 0.4) is 0 Å². The van der Waals surface area contributed by atoms with Crippen molar-refractivity contribution >= 4 is 32.8 Å². The molecule has 0 fully saturated rings. The molecular weight excluding hydrogens is 480 g/mol. The van der Waals surface area contributed by atoms with Gasteiger partial charge in [-0.15, -0.1) is 0 Å². The van der Waals surface area contributed by atoms with Crippen molar-refractivity contribution in [1.29, 1.82) is 0 Å². The molecule has 2 rings (SSSR count). The Morgan fingerprint density at radius 1 is 0.833 bits per heavy atom. The van der Waals surface area contributed by atoms with Crippen LogP contribution in [0, 0.1) is 5.92 Å². The van der Waals surface area contributed by atoms with Crippen molar-refractivity contribution in [2.45, 2.75) is 97.2 Å². The lowest BCUT2D eigenvalue weighted by Gasteiger charge is -2.43. The van der Waals surface area contributed by atoms with Crippen molar-refractivity contribution in [3.8, 4) is 0 Å². The van der Waals surface area contributed by atoms with Crippen molar-refractivity contribution in [3.05, 3.63) is 60.7 Å². The topological polar surface area (TPSA) is 55.8 Å². The number of ketones is 1. The van der Waals surface area contributed by atoms with Crippen LogP contribution in [0.1, 0.15) is 61.8 Å². The first-order chi connectivity index (χ1) is 16.5. The highest BCUT2D eigenvalue weighted by atomic mass is 28.4. The summed E-state index contributed by atoms with van der Waals surface area (Å²) in [6, 6.07) is 21.0. The summed E-state index contributed by atoms with van der Waals surface area (Å²) in [7, 11) is -4.75. The Bertz CT molecular complexity index is 922. The summed E-state index contributed by atoms with van der Waals surface area (Å²) in [6.45, 7) is 21.7. The third kappa shape index (κ3) is 7.04. The van der Waals surface area contributed by atoms with Gasteiger partial charge in [-0.3, -0.25) is 4.79 Å². The van der Waals surface area contributed by atoms with E-state index in [1.54, 1.807) is 0 Å². The van der Waals surface area contributed by atoms with Crippen LogP contribution in [0.2, 0.25) is 23.2 Å². The van der Waals surface area contributed by atoms with E-state index in [9.17, 15) is 9.90 Å². The van der Waals surface area contributed by atoms with E-state index in [0.717, 1.165) is 0 Å². The number of Topliss-reactive ketones (excluding diaryl/α,β-unsaturated/α-hetero) is 1. The first-order valence-corrected chi connectivity index (χ1v) is 18.0. The van der Waals surface area contributed by atoms with Gasteiger partial charge in [-0.1, -0.05) is 109 Å². The molecule has 0 heterocycles. The maximum absolute atomic E-state index is 13.0. The smallest absolute Gasteiger partial charge is 0.261 e. The molecular formula is C30H48O4Si2. The lowest BCUT2D eigenvalue weighted by atomic mass is 9.99. The Balaban J connectivity index is 2.21. The SMILES string of the molecule is C[C@H](O[Si](C)(C)C(C)(C)C)C(=O)C[C@@H](O)[C@H](C)CO[Si](c1ccccc1)(c1ccccc1)C(C)(C)C. The average Bonchev–Trinajstić information content (AvgIpc) is 2.78. The molecule has 0 unspecified atom stereocenters.